The van der Waals surface area contributed by atoms with Crippen LogP contribution in [0.3, 0.4) is 0 Å². The Kier molecular flexibility index (Phi) is 2.63. The lowest BCUT2D eigenvalue weighted by molar-refractivity contribution is 0.0486. The molecule has 0 amide bonds. The van der Waals surface area contributed by atoms with Crippen LogP contribution in [0.1, 0.15) is 12.8 Å². The molecule has 0 saturated heterocycles. The maximum atomic E-state index is 12.7. The molecule has 1 saturated carbocycles. The summed E-state index contributed by atoms with van der Waals surface area (Å²) in [4.78, 5) is 3.68. The summed E-state index contributed by atoms with van der Waals surface area (Å²) in [5.74, 6) is 0.588. The quantitative estimate of drug-likeness (QED) is 0.718. The molecule has 0 aromatic carbocycles. The first kappa shape index (κ1) is 9.40. The molecule has 2 rings (SSSR count). The van der Waals surface area contributed by atoms with E-state index in [2.05, 4.69) is 10.3 Å². The maximum Gasteiger partial charge on any atom is 0.214 e. The predicted molar refractivity (Wildman–Crippen MR) is 51.4 cm³/mol. The molecule has 76 valence electrons. The lowest BCUT2D eigenvalue weighted by Gasteiger charge is -2.31. The molecule has 0 aliphatic heterocycles. The summed E-state index contributed by atoms with van der Waals surface area (Å²) in [6.07, 6.45) is 1.53. The van der Waals surface area contributed by atoms with E-state index in [4.69, 9.17) is 5.11 Å². The number of anilines is 1. The van der Waals surface area contributed by atoms with Crippen molar-refractivity contribution in [2.45, 2.75) is 18.9 Å². The summed E-state index contributed by atoms with van der Waals surface area (Å²) in [6.45, 7) is 0.757. The van der Waals surface area contributed by atoms with Crippen molar-refractivity contribution >= 4 is 5.82 Å². The van der Waals surface area contributed by atoms with Crippen LogP contribution in [0.2, 0.25) is 0 Å². The van der Waals surface area contributed by atoms with Gasteiger partial charge in [-0.3, -0.25) is 0 Å². The maximum absolute atomic E-state index is 12.7. The van der Waals surface area contributed by atoms with Crippen LogP contribution in [-0.4, -0.2) is 22.7 Å². The lowest BCUT2D eigenvalue weighted by atomic mass is 9.82. The van der Waals surface area contributed by atoms with Crippen molar-refractivity contribution in [3.05, 3.63) is 24.1 Å². The first-order chi connectivity index (χ1) is 6.74. The van der Waals surface area contributed by atoms with Crippen LogP contribution in [0.25, 0.3) is 0 Å². The Morgan fingerprint density at radius 3 is 2.93 bits per heavy atom. The first-order valence-corrected chi connectivity index (χ1v) is 4.78. The van der Waals surface area contributed by atoms with Crippen LogP contribution >= 0.6 is 0 Å². The van der Waals surface area contributed by atoms with Gasteiger partial charge in [0.25, 0.3) is 0 Å². The summed E-state index contributed by atoms with van der Waals surface area (Å²) >= 11 is 0. The first-order valence-electron chi connectivity index (χ1n) is 4.78. The highest BCUT2D eigenvalue weighted by Crippen LogP contribution is 2.26. The fourth-order valence-corrected chi connectivity index (χ4v) is 1.62. The van der Waals surface area contributed by atoms with Gasteiger partial charge in [0.2, 0.25) is 5.95 Å². The van der Waals surface area contributed by atoms with E-state index >= 15 is 0 Å². The van der Waals surface area contributed by atoms with Gasteiger partial charge in [-0.1, -0.05) is 6.07 Å². The Balaban J connectivity index is 1.80. The molecule has 3 nitrogen and oxygen atoms in total. The second kappa shape index (κ2) is 3.92. The number of aromatic nitrogens is 1. The van der Waals surface area contributed by atoms with E-state index in [0.29, 0.717) is 11.7 Å². The molecule has 0 unspecified atom stereocenters. The number of aliphatic hydroxyl groups excluding tert-OH is 1. The third-order valence-corrected chi connectivity index (χ3v) is 2.50. The summed E-state index contributed by atoms with van der Waals surface area (Å²) in [5, 5.41) is 12.1. The molecule has 1 heterocycles. The van der Waals surface area contributed by atoms with E-state index in [0.717, 1.165) is 19.4 Å². The third-order valence-electron chi connectivity index (χ3n) is 2.50. The van der Waals surface area contributed by atoms with Gasteiger partial charge in [-0.25, -0.2) is 4.98 Å². The van der Waals surface area contributed by atoms with E-state index < -0.39 is 5.95 Å². The van der Waals surface area contributed by atoms with E-state index in [-0.39, 0.29) is 6.10 Å². The Labute approximate surface area is 82.0 Å². The standard InChI is InChI=1S/C10H13FN2O/c11-9-2-1-3-10(13-9)12-6-7-4-8(14)5-7/h1-3,7-8,14H,4-6H2,(H,12,13). The van der Waals surface area contributed by atoms with E-state index in [1.54, 1.807) is 12.1 Å². The van der Waals surface area contributed by atoms with Gasteiger partial charge in [-0.2, -0.15) is 4.39 Å². The molecule has 0 spiro atoms. The van der Waals surface area contributed by atoms with Crippen molar-refractivity contribution in [3.8, 4) is 0 Å². The van der Waals surface area contributed by atoms with E-state index in [1.165, 1.54) is 6.07 Å². The number of hydrogen-bond acceptors (Lipinski definition) is 3. The molecule has 0 atom stereocenters. The van der Waals surface area contributed by atoms with Gasteiger partial charge in [-0.05, 0) is 30.9 Å². The molecule has 2 N–H and O–H groups in total. The Morgan fingerprint density at radius 2 is 2.29 bits per heavy atom. The molecule has 1 aromatic rings. The number of rotatable bonds is 3. The molecule has 1 aromatic heterocycles. The molecule has 1 aliphatic rings. The Hall–Kier alpha value is -1.16. The smallest absolute Gasteiger partial charge is 0.214 e. The topological polar surface area (TPSA) is 45.1 Å². The second-order valence-electron chi connectivity index (χ2n) is 3.72. The summed E-state index contributed by atoms with van der Waals surface area (Å²) in [7, 11) is 0. The fraction of sp³-hybridized carbons (Fsp3) is 0.500. The molecule has 4 heteroatoms. The molecular weight excluding hydrogens is 183 g/mol. The van der Waals surface area contributed by atoms with Gasteiger partial charge in [0.1, 0.15) is 5.82 Å². The lowest BCUT2D eigenvalue weighted by Crippen LogP contribution is -2.33. The highest BCUT2D eigenvalue weighted by Gasteiger charge is 2.26. The molecule has 0 bridgehead atoms. The second-order valence-corrected chi connectivity index (χ2v) is 3.72. The average Bonchev–Trinajstić information content (AvgIpc) is 2.11. The Bertz CT molecular complexity index is 313. The number of nitrogens with one attached hydrogen (secondary N) is 1. The Morgan fingerprint density at radius 1 is 1.50 bits per heavy atom. The van der Waals surface area contributed by atoms with Gasteiger partial charge >= 0.3 is 0 Å². The number of aliphatic hydroxyl groups is 1. The summed E-state index contributed by atoms with van der Waals surface area (Å²) < 4.78 is 12.7. The minimum Gasteiger partial charge on any atom is -0.393 e. The van der Waals surface area contributed by atoms with Crippen LogP contribution < -0.4 is 5.32 Å². The molecule has 1 aliphatic carbocycles. The zero-order valence-corrected chi connectivity index (χ0v) is 7.78. The number of halogens is 1. The monoisotopic (exact) mass is 196 g/mol. The third kappa shape index (κ3) is 2.20. The molecule has 14 heavy (non-hydrogen) atoms. The van der Waals surface area contributed by atoms with Crippen LogP contribution in [0.5, 0.6) is 0 Å². The van der Waals surface area contributed by atoms with Crippen molar-refractivity contribution in [3.63, 3.8) is 0 Å². The van der Waals surface area contributed by atoms with Crippen LogP contribution in [-0.2, 0) is 0 Å². The fourth-order valence-electron chi connectivity index (χ4n) is 1.62. The number of hydrogen-bond donors (Lipinski definition) is 2. The largest absolute Gasteiger partial charge is 0.393 e. The minimum atomic E-state index is -0.469. The SMILES string of the molecule is OC1CC(CNc2cccc(F)n2)C1. The predicted octanol–water partition coefficient (Wildman–Crippen LogP) is 1.40. The average molecular weight is 196 g/mol. The van der Waals surface area contributed by atoms with Crippen molar-refractivity contribution in [1.82, 2.24) is 4.98 Å². The van der Waals surface area contributed by atoms with Crippen molar-refractivity contribution in [2.24, 2.45) is 5.92 Å². The van der Waals surface area contributed by atoms with E-state index in [9.17, 15) is 4.39 Å². The number of pyridine rings is 1. The van der Waals surface area contributed by atoms with Gasteiger partial charge in [0.15, 0.2) is 0 Å². The minimum absolute atomic E-state index is 0.137. The highest BCUT2D eigenvalue weighted by molar-refractivity contribution is 5.33. The van der Waals surface area contributed by atoms with Gasteiger partial charge < -0.3 is 10.4 Å². The highest BCUT2D eigenvalue weighted by atomic mass is 19.1. The van der Waals surface area contributed by atoms with E-state index in [1.807, 2.05) is 0 Å². The number of nitrogens with zero attached hydrogens (tertiary/aromatic N) is 1. The molecule has 1 fully saturated rings. The summed E-state index contributed by atoms with van der Waals surface area (Å²) in [6, 6.07) is 4.68. The normalized spacial score (nSPS) is 25.6. The van der Waals surface area contributed by atoms with Gasteiger partial charge in [0.05, 0.1) is 6.10 Å². The van der Waals surface area contributed by atoms with Crippen molar-refractivity contribution < 1.29 is 9.50 Å². The summed E-state index contributed by atoms with van der Waals surface area (Å²) in [5.41, 5.74) is 0. The van der Waals surface area contributed by atoms with Gasteiger partial charge in [-0.15, -0.1) is 0 Å². The van der Waals surface area contributed by atoms with Crippen molar-refractivity contribution in [2.75, 3.05) is 11.9 Å². The zero-order valence-electron chi connectivity index (χ0n) is 7.78. The van der Waals surface area contributed by atoms with Crippen LogP contribution in [0, 0.1) is 11.9 Å². The van der Waals surface area contributed by atoms with Crippen molar-refractivity contribution in [1.29, 1.82) is 0 Å². The molecule has 0 radical (unpaired) electrons. The van der Waals surface area contributed by atoms with Gasteiger partial charge in [0, 0.05) is 6.54 Å². The van der Waals surface area contributed by atoms with Crippen LogP contribution in [0.15, 0.2) is 18.2 Å². The van der Waals surface area contributed by atoms with Crippen LogP contribution in [0.4, 0.5) is 10.2 Å². The molecular formula is C10H13FN2O. The zero-order chi connectivity index (χ0) is 9.97.